The van der Waals surface area contributed by atoms with Gasteiger partial charge >= 0.3 is 0 Å². The zero-order chi connectivity index (χ0) is 17.4. The molecule has 2 aromatic rings. The van der Waals surface area contributed by atoms with Crippen LogP contribution in [0.15, 0.2) is 48.7 Å². The summed E-state index contributed by atoms with van der Waals surface area (Å²) in [4.78, 5) is 18.0. The predicted octanol–water partition coefficient (Wildman–Crippen LogP) is 3.16. The highest BCUT2D eigenvalue weighted by atomic mass is 16.5. The van der Waals surface area contributed by atoms with Gasteiger partial charge in [-0.2, -0.15) is 0 Å². The van der Waals surface area contributed by atoms with Crippen LogP contribution in [0.3, 0.4) is 0 Å². The van der Waals surface area contributed by atoms with Gasteiger partial charge in [0, 0.05) is 19.3 Å². The number of pyridine rings is 1. The van der Waals surface area contributed by atoms with Crippen molar-refractivity contribution in [2.24, 2.45) is 0 Å². The maximum atomic E-state index is 12.2. The monoisotopic (exact) mass is 326 g/mol. The van der Waals surface area contributed by atoms with Crippen LogP contribution < -0.4 is 9.47 Å². The second kappa shape index (κ2) is 8.72. The summed E-state index contributed by atoms with van der Waals surface area (Å²) in [6, 6.07) is 11.2. The number of hydrogen-bond acceptors (Lipinski definition) is 4. The summed E-state index contributed by atoms with van der Waals surface area (Å²) in [5.74, 6) is 1.25. The fourth-order valence-corrected chi connectivity index (χ4v) is 2.17. The van der Waals surface area contributed by atoms with Crippen molar-refractivity contribution in [1.29, 1.82) is 0 Å². The van der Waals surface area contributed by atoms with E-state index in [2.05, 4.69) is 4.98 Å². The minimum atomic E-state index is -0.0893. The van der Waals surface area contributed by atoms with Crippen LogP contribution in [-0.4, -0.2) is 36.6 Å². The highest BCUT2D eigenvalue weighted by Crippen LogP contribution is 2.28. The lowest BCUT2D eigenvalue weighted by atomic mass is 10.2. The van der Waals surface area contributed by atoms with Crippen LogP contribution in [0.4, 0.5) is 0 Å². The molecule has 0 atom stereocenters. The van der Waals surface area contributed by atoms with Gasteiger partial charge in [0.15, 0.2) is 11.5 Å². The molecule has 0 radical (unpaired) electrons. The number of rotatable bonds is 7. The third-order valence-corrected chi connectivity index (χ3v) is 3.41. The van der Waals surface area contributed by atoms with Gasteiger partial charge in [-0.1, -0.05) is 12.1 Å². The first-order chi connectivity index (χ1) is 11.6. The lowest BCUT2D eigenvalue weighted by molar-refractivity contribution is -0.125. The molecule has 0 aliphatic heterocycles. The van der Waals surface area contributed by atoms with Crippen LogP contribution in [0, 0.1) is 0 Å². The Bertz CT molecular complexity index is 699. The molecule has 0 bridgehead atoms. The molecular weight excluding hydrogens is 304 g/mol. The first-order valence-corrected chi connectivity index (χ1v) is 7.78. The molecule has 0 aliphatic carbocycles. The van der Waals surface area contributed by atoms with Crippen molar-refractivity contribution in [3.63, 3.8) is 0 Å². The van der Waals surface area contributed by atoms with Crippen molar-refractivity contribution in [2.75, 3.05) is 20.8 Å². The summed E-state index contributed by atoms with van der Waals surface area (Å²) in [7, 11) is 3.34. The van der Waals surface area contributed by atoms with Gasteiger partial charge in [0.1, 0.15) is 0 Å². The normalized spacial score (nSPS) is 10.6. The Labute approximate surface area is 142 Å². The van der Waals surface area contributed by atoms with E-state index >= 15 is 0 Å². The van der Waals surface area contributed by atoms with Gasteiger partial charge in [-0.3, -0.25) is 9.78 Å². The summed E-state index contributed by atoms with van der Waals surface area (Å²) in [6.07, 6.45) is 5.02. The van der Waals surface area contributed by atoms with Crippen molar-refractivity contribution >= 4 is 12.0 Å². The van der Waals surface area contributed by atoms with Crippen molar-refractivity contribution in [3.05, 3.63) is 59.9 Å². The van der Waals surface area contributed by atoms with Crippen molar-refractivity contribution < 1.29 is 14.3 Å². The Kier molecular flexibility index (Phi) is 6.37. The van der Waals surface area contributed by atoms with Crippen LogP contribution in [-0.2, 0) is 11.3 Å². The summed E-state index contributed by atoms with van der Waals surface area (Å²) in [5.41, 5.74) is 1.72. The Balaban J connectivity index is 2.02. The van der Waals surface area contributed by atoms with E-state index in [1.165, 1.54) is 6.08 Å². The van der Waals surface area contributed by atoms with E-state index in [0.717, 1.165) is 11.3 Å². The van der Waals surface area contributed by atoms with Crippen molar-refractivity contribution in [3.8, 4) is 11.5 Å². The van der Waals surface area contributed by atoms with Crippen LogP contribution in [0.1, 0.15) is 18.2 Å². The number of methoxy groups -OCH3 is 1. The first kappa shape index (κ1) is 17.5. The zero-order valence-electron chi connectivity index (χ0n) is 14.2. The van der Waals surface area contributed by atoms with E-state index in [1.807, 2.05) is 43.3 Å². The second-order valence-electron chi connectivity index (χ2n) is 5.19. The molecule has 0 saturated heterocycles. The van der Waals surface area contributed by atoms with Gasteiger partial charge in [0.05, 0.1) is 26.0 Å². The number of amides is 1. The molecule has 0 spiro atoms. The number of benzene rings is 1. The molecule has 0 unspecified atom stereocenters. The second-order valence-corrected chi connectivity index (χ2v) is 5.19. The predicted molar refractivity (Wildman–Crippen MR) is 93.9 cm³/mol. The number of aromatic nitrogens is 1. The first-order valence-electron chi connectivity index (χ1n) is 7.78. The molecule has 0 N–H and O–H groups in total. The Morgan fingerprint density at radius 1 is 1.25 bits per heavy atom. The largest absolute Gasteiger partial charge is 0.493 e. The number of carbonyl (C=O) groups excluding carboxylic acids is 1. The highest BCUT2D eigenvalue weighted by Gasteiger charge is 2.07. The van der Waals surface area contributed by atoms with Gasteiger partial charge in [0.2, 0.25) is 5.91 Å². The molecule has 5 heteroatoms. The molecule has 1 aromatic carbocycles. The van der Waals surface area contributed by atoms with Gasteiger partial charge < -0.3 is 14.4 Å². The molecular formula is C19H22N2O3. The Morgan fingerprint density at radius 2 is 2.08 bits per heavy atom. The molecule has 0 saturated carbocycles. The molecule has 126 valence electrons. The average molecular weight is 326 g/mol. The minimum absolute atomic E-state index is 0.0893. The number of carbonyl (C=O) groups is 1. The van der Waals surface area contributed by atoms with Crippen LogP contribution >= 0.6 is 0 Å². The smallest absolute Gasteiger partial charge is 0.246 e. The van der Waals surface area contributed by atoms with E-state index in [1.54, 1.807) is 31.3 Å². The third-order valence-electron chi connectivity index (χ3n) is 3.41. The Morgan fingerprint density at radius 3 is 2.75 bits per heavy atom. The quantitative estimate of drug-likeness (QED) is 0.734. The standard InChI is InChI=1S/C19H22N2O3/c1-4-24-17-10-8-15(13-18(17)23-3)9-11-19(22)21(2)14-16-7-5-6-12-20-16/h5-13H,4,14H2,1-3H3/b11-9+. The summed E-state index contributed by atoms with van der Waals surface area (Å²) in [6.45, 7) is 2.96. The average Bonchev–Trinajstić information content (AvgIpc) is 2.61. The SMILES string of the molecule is CCOc1ccc(/C=C/C(=O)N(C)Cc2ccccn2)cc1OC. The molecule has 2 rings (SSSR count). The molecule has 1 heterocycles. The van der Waals surface area contributed by atoms with E-state index < -0.39 is 0 Å². The fourth-order valence-electron chi connectivity index (χ4n) is 2.17. The number of ether oxygens (including phenoxy) is 2. The zero-order valence-corrected chi connectivity index (χ0v) is 14.2. The van der Waals surface area contributed by atoms with E-state index in [-0.39, 0.29) is 5.91 Å². The lowest BCUT2D eigenvalue weighted by Crippen LogP contribution is -2.24. The van der Waals surface area contributed by atoms with Gasteiger partial charge in [-0.05, 0) is 42.8 Å². The number of hydrogen-bond donors (Lipinski definition) is 0. The molecule has 0 fully saturated rings. The van der Waals surface area contributed by atoms with E-state index in [0.29, 0.717) is 24.7 Å². The maximum Gasteiger partial charge on any atom is 0.246 e. The summed E-state index contributed by atoms with van der Waals surface area (Å²) < 4.78 is 10.8. The summed E-state index contributed by atoms with van der Waals surface area (Å²) in [5, 5.41) is 0. The number of likely N-dealkylation sites (N-methyl/N-ethyl adjacent to an activating group) is 1. The van der Waals surface area contributed by atoms with Crippen molar-refractivity contribution in [2.45, 2.75) is 13.5 Å². The highest BCUT2D eigenvalue weighted by molar-refractivity contribution is 5.91. The molecule has 24 heavy (non-hydrogen) atoms. The topological polar surface area (TPSA) is 51.7 Å². The Hall–Kier alpha value is -2.82. The van der Waals surface area contributed by atoms with Gasteiger partial charge in [-0.25, -0.2) is 0 Å². The van der Waals surface area contributed by atoms with Crippen LogP contribution in [0.25, 0.3) is 6.08 Å². The molecule has 1 aromatic heterocycles. The van der Waals surface area contributed by atoms with E-state index in [9.17, 15) is 4.79 Å². The molecule has 5 nitrogen and oxygen atoms in total. The summed E-state index contributed by atoms with van der Waals surface area (Å²) >= 11 is 0. The van der Waals surface area contributed by atoms with Gasteiger partial charge in [-0.15, -0.1) is 0 Å². The van der Waals surface area contributed by atoms with Crippen molar-refractivity contribution in [1.82, 2.24) is 9.88 Å². The third kappa shape index (κ3) is 4.84. The van der Waals surface area contributed by atoms with E-state index in [4.69, 9.17) is 9.47 Å². The maximum absolute atomic E-state index is 12.2. The minimum Gasteiger partial charge on any atom is -0.493 e. The van der Waals surface area contributed by atoms with Crippen LogP contribution in [0.2, 0.25) is 0 Å². The fraction of sp³-hybridized carbons (Fsp3) is 0.263. The molecule has 0 aliphatic rings. The number of nitrogens with zero attached hydrogens (tertiary/aromatic N) is 2. The van der Waals surface area contributed by atoms with Crippen LogP contribution in [0.5, 0.6) is 11.5 Å². The van der Waals surface area contributed by atoms with Gasteiger partial charge in [0.25, 0.3) is 0 Å². The molecule has 1 amide bonds. The lowest BCUT2D eigenvalue weighted by Gasteiger charge is -2.14.